The minimum absolute atomic E-state index is 0.138. The van der Waals surface area contributed by atoms with Crippen molar-refractivity contribution in [2.45, 2.75) is 32.2 Å². The fraction of sp³-hybridized carbons (Fsp3) is 0.200. The number of nitrogens with one attached hydrogen (secondary N) is 1. The summed E-state index contributed by atoms with van der Waals surface area (Å²) in [5.74, 6) is 0.511. The highest BCUT2D eigenvalue weighted by atomic mass is 35.5. The summed E-state index contributed by atoms with van der Waals surface area (Å²) in [5.41, 5.74) is 8.27. The molecule has 0 atom stereocenters. The second-order valence-electron chi connectivity index (χ2n) is 10.7. The minimum Gasteiger partial charge on any atom is -0.322 e. The number of likely N-dealkylation sites (tertiary alicyclic amines) is 1. The molecule has 4 nitrogen and oxygen atoms in total. The number of pyridine rings is 1. The van der Waals surface area contributed by atoms with E-state index in [2.05, 4.69) is 53.5 Å². The van der Waals surface area contributed by atoms with E-state index in [0.29, 0.717) is 16.5 Å². The van der Waals surface area contributed by atoms with Gasteiger partial charge in [0.25, 0.3) is 5.91 Å². The maximum absolute atomic E-state index is 12.9. The van der Waals surface area contributed by atoms with E-state index in [0.717, 1.165) is 53.0 Å². The van der Waals surface area contributed by atoms with Gasteiger partial charge in [0.15, 0.2) is 0 Å². The number of halogens is 1. The third-order valence-corrected chi connectivity index (χ3v) is 8.10. The Labute approximate surface area is 240 Å². The molecular weight excluding hydrogens is 514 g/mol. The Balaban J connectivity index is 1.06. The Morgan fingerprint density at radius 3 is 2.23 bits per heavy atom. The second-order valence-corrected chi connectivity index (χ2v) is 11.1. The first-order valence-corrected chi connectivity index (χ1v) is 14.2. The van der Waals surface area contributed by atoms with Crippen molar-refractivity contribution in [3.05, 3.63) is 131 Å². The molecule has 1 fully saturated rings. The zero-order chi connectivity index (χ0) is 27.5. The third kappa shape index (κ3) is 6.09. The smallest absolute Gasteiger partial charge is 0.255 e. The van der Waals surface area contributed by atoms with Gasteiger partial charge in [0.2, 0.25) is 0 Å². The molecule has 0 saturated carbocycles. The van der Waals surface area contributed by atoms with Gasteiger partial charge in [-0.2, -0.15) is 0 Å². The van der Waals surface area contributed by atoms with Gasteiger partial charge in [-0.25, -0.2) is 0 Å². The quantitative estimate of drug-likeness (QED) is 0.232. The number of piperidine rings is 1. The highest BCUT2D eigenvalue weighted by Gasteiger charge is 2.21. The maximum atomic E-state index is 12.9. The predicted molar refractivity (Wildman–Crippen MR) is 165 cm³/mol. The lowest BCUT2D eigenvalue weighted by atomic mass is 9.89. The fourth-order valence-electron chi connectivity index (χ4n) is 5.49. The molecule has 1 saturated heterocycles. The number of hydrogen-bond acceptors (Lipinski definition) is 3. The summed E-state index contributed by atoms with van der Waals surface area (Å²) >= 11 is 5.99. The van der Waals surface area contributed by atoms with Gasteiger partial charge in [-0.15, -0.1) is 0 Å². The van der Waals surface area contributed by atoms with Crippen LogP contribution in [0.1, 0.15) is 45.9 Å². The van der Waals surface area contributed by atoms with Crippen LogP contribution in [0.4, 0.5) is 5.69 Å². The summed E-state index contributed by atoms with van der Waals surface area (Å²) in [4.78, 5) is 20.3. The molecule has 1 aliphatic rings. The molecule has 0 unspecified atom stereocenters. The highest BCUT2D eigenvalue weighted by Crippen LogP contribution is 2.29. The lowest BCUT2D eigenvalue weighted by Crippen LogP contribution is -2.32. The van der Waals surface area contributed by atoms with Crippen LogP contribution in [0.5, 0.6) is 0 Å². The van der Waals surface area contributed by atoms with Crippen LogP contribution in [0.2, 0.25) is 5.02 Å². The molecule has 0 aliphatic carbocycles. The maximum Gasteiger partial charge on any atom is 0.255 e. The third-order valence-electron chi connectivity index (χ3n) is 7.85. The van der Waals surface area contributed by atoms with Crippen LogP contribution in [0.25, 0.3) is 22.0 Å². The van der Waals surface area contributed by atoms with Crippen molar-refractivity contribution in [1.29, 1.82) is 0 Å². The first-order valence-electron chi connectivity index (χ1n) is 13.9. The average molecular weight is 546 g/mol. The standard InChI is InChI=1S/C35H32ClN3O/c1-24-2-4-25(5-3-24)28-18-20-39(21-19-28)23-33-15-12-30-22-32(16-17-34(30)37-33)38-35(40)29-8-6-26(7-9-29)27-10-13-31(36)14-11-27/h2-17,22,28H,18-21,23H2,1H3,(H,38,40). The average Bonchev–Trinajstić information content (AvgIpc) is 2.98. The van der Waals surface area contributed by atoms with Crippen LogP contribution in [0.3, 0.4) is 0 Å². The number of anilines is 1. The number of aromatic nitrogens is 1. The molecule has 4 aromatic carbocycles. The summed E-state index contributed by atoms with van der Waals surface area (Å²) in [6.07, 6.45) is 2.37. The van der Waals surface area contributed by atoms with E-state index in [9.17, 15) is 4.79 Å². The molecular formula is C35H32ClN3O. The summed E-state index contributed by atoms with van der Waals surface area (Å²) in [7, 11) is 0. The normalized spacial score (nSPS) is 14.3. The van der Waals surface area contributed by atoms with Gasteiger partial charge in [0, 0.05) is 28.2 Å². The fourth-order valence-corrected chi connectivity index (χ4v) is 5.61. The molecule has 0 spiro atoms. The molecule has 0 radical (unpaired) electrons. The number of fused-ring (bicyclic) bond motifs is 1. The van der Waals surface area contributed by atoms with Crippen molar-refractivity contribution >= 4 is 34.1 Å². The molecule has 5 heteroatoms. The van der Waals surface area contributed by atoms with Gasteiger partial charge >= 0.3 is 0 Å². The number of carbonyl (C=O) groups is 1. The minimum atomic E-state index is -0.138. The SMILES string of the molecule is Cc1ccc(C2CCN(Cc3ccc4cc(NC(=O)c5ccc(-c6ccc(Cl)cc6)cc5)ccc4n3)CC2)cc1. The van der Waals surface area contributed by atoms with Crippen molar-refractivity contribution in [2.75, 3.05) is 18.4 Å². The zero-order valence-electron chi connectivity index (χ0n) is 22.6. The Kier molecular flexibility index (Phi) is 7.63. The van der Waals surface area contributed by atoms with Crippen LogP contribution >= 0.6 is 11.6 Å². The number of aryl methyl sites for hydroxylation is 1. The van der Waals surface area contributed by atoms with Crippen molar-refractivity contribution < 1.29 is 4.79 Å². The van der Waals surface area contributed by atoms with Gasteiger partial charge in [-0.1, -0.05) is 71.8 Å². The molecule has 200 valence electrons. The highest BCUT2D eigenvalue weighted by molar-refractivity contribution is 6.30. The summed E-state index contributed by atoms with van der Waals surface area (Å²) in [6.45, 7) is 5.18. The van der Waals surface area contributed by atoms with E-state index in [1.165, 1.54) is 24.0 Å². The topological polar surface area (TPSA) is 45.2 Å². The van der Waals surface area contributed by atoms with Crippen molar-refractivity contribution in [3.63, 3.8) is 0 Å². The Morgan fingerprint density at radius 1 is 0.850 bits per heavy atom. The molecule has 2 heterocycles. The monoisotopic (exact) mass is 545 g/mol. The van der Waals surface area contributed by atoms with Crippen LogP contribution in [0.15, 0.2) is 103 Å². The second kappa shape index (κ2) is 11.6. The molecule has 5 aromatic rings. The van der Waals surface area contributed by atoms with Crippen molar-refractivity contribution in [3.8, 4) is 11.1 Å². The molecule has 1 amide bonds. The molecule has 0 bridgehead atoms. The van der Waals surface area contributed by atoms with Crippen molar-refractivity contribution in [1.82, 2.24) is 9.88 Å². The molecule has 6 rings (SSSR count). The number of carbonyl (C=O) groups excluding carboxylic acids is 1. The van der Waals surface area contributed by atoms with E-state index in [1.54, 1.807) is 0 Å². The van der Waals surface area contributed by atoms with E-state index in [-0.39, 0.29) is 5.91 Å². The van der Waals surface area contributed by atoms with E-state index < -0.39 is 0 Å². The van der Waals surface area contributed by atoms with Crippen LogP contribution in [-0.2, 0) is 6.54 Å². The number of amides is 1. The lowest BCUT2D eigenvalue weighted by molar-refractivity contribution is 0.102. The number of hydrogen-bond donors (Lipinski definition) is 1. The zero-order valence-corrected chi connectivity index (χ0v) is 23.4. The first-order chi connectivity index (χ1) is 19.5. The van der Waals surface area contributed by atoms with Crippen LogP contribution in [0, 0.1) is 6.92 Å². The van der Waals surface area contributed by atoms with Crippen molar-refractivity contribution in [2.24, 2.45) is 0 Å². The van der Waals surface area contributed by atoms with Gasteiger partial charge in [0.1, 0.15) is 0 Å². The summed E-state index contributed by atoms with van der Waals surface area (Å²) in [5, 5.41) is 4.74. The van der Waals surface area contributed by atoms with Gasteiger partial charge in [-0.3, -0.25) is 14.7 Å². The number of rotatable bonds is 6. The van der Waals surface area contributed by atoms with Gasteiger partial charge in [0.05, 0.1) is 11.2 Å². The Hall–Kier alpha value is -3.99. The molecule has 1 N–H and O–H groups in total. The number of benzene rings is 4. The molecule has 1 aromatic heterocycles. The first kappa shape index (κ1) is 26.2. The molecule has 1 aliphatic heterocycles. The van der Waals surface area contributed by atoms with E-state index in [4.69, 9.17) is 16.6 Å². The van der Waals surface area contributed by atoms with Gasteiger partial charge < -0.3 is 5.32 Å². The number of nitrogens with zero attached hydrogens (tertiary/aromatic N) is 2. The predicted octanol–water partition coefficient (Wildman–Crippen LogP) is 8.50. The van der Waals surface area contributed by atoms with Crippen LogP contribution < -0.4 is 5.32 Å². The lowest BCUT2D eigenvalue weighted by Gasteiger charge is -2.32. The summed E-state index contributed by atoms with van der Waals surface area (Å²) < 4.78 is 0. The molecule has 40 heavy (non-hydrogen) atoms. The largest absolute Gasteiger partial charge is 0.322 e. The van der Waals surface area contributed by atoms with Gasteiger partial charge in [-0.05, 0) is 104 Å². The van der Waals surface area contributed by atoms with Crippen LogP contribution in [-0.4, -0.2) is 28.9 Å². The summed E-state index contributed by atoms with van der Waals surface area (Å²) in [6, 6.07) is 34.4. The van der Waals surface area contributed by atoms with E-state index in [1.807, 2.05) is 66.7 Å². The van der Waals surface area contributed by atoms with E-state index >= 15 is 0 Å². The Morgan fingerprint density at radius 2 is 1.52 bits per heavy atom. The Bertz CT molecular complexity index is 1620.